The first kappa shape index (κ1) is 19.1. The highest BCUT2D eigenvalue weighted by atomic mass is 16.3. The molecule has 0 bridgehead atoms. The van der Waals surface area contributed by atoms with Crippen LogP contribution < -0.4 is 5.43 Å². The number of benzene rings is 2. The number of ketones is 1. The molecule has 0 unspecified atom stereocenters. The fourth-order valence-electron chi connectivity index (χ4n) is 3.26. The molecule has 6 nitrogen and oxygen atoms in total. The Morgan fingerprint density at radius 3 is 2.37 bits per heavy atom. The molecule has 2 aromatic carbocycles. The number of amidine groups is 1. The lowest BCUT2D eigenvalue weighted by molar-refractivity contribution is -0.111. The number of nitrogens with one attached hydrogen (secondary N) is 1. The van der Waals surface area contributed by atoms with Crippen molar-refractivity contribution < 1.29 is 9.90 Å². The summed E-state index contributed by atoms with van der Waals surface area (Å²) < 4.78 is 0. The predicted molar refractivity (Wildman–Crippen MR) is 109 cm³/mol. The fourth-order valence-corrected chi connectivity index (χ4v) is 3.26. The molecular formula is C21H26N4O2. The van der Waals surface area contributed by atoms with Crippen molar-refractivity contribution in [1.29, 1.82) is 0 Å². The Hall–Kier alpha value is -2.70. The van der Waals surface area contributed by atoms with Crippen LogP contribution in [0.15, 0.2) is 59.7 Å². The van der Waals surface area contributed by atoms with E-state index in [0.717, 1.165) is 43.0 Å². The number of hydrogen-bond acceptors (Lipinski definition) is 5. The van der Waals surface area contributed by atoms with Gasteiger partial charge in [-0.1, -0.05) is 48.5 Å². The van der Waals surface area contributed by atoms with E-state index in [2.05, 4.69) is 27.6 Å². The smallest absolute Gasteiger partial charge is 0.196 e. The minimum atomic E-state index is -0.0599. The molecule has 2 N–H and O–H groups in total. The molecular weight excluding hydrogens is 340 g/mol. The lowest BCUT2D eigenvalue weighted by atomic mass is 10.0. The van der Waals surface area contributed by atoms with Gasteiger partial charge in [0.15, 0.2) is 11.6 Å². The third kappa shape index (κ3) is 4.93. The molecule has 0 radical (unpaired) electrons. The average molecular weight is 366 g/mol. The number of anilines is 1. The molecule has 0 aromatic heterocycles. The first-order valence-electron chi connectivity index (χ1n) is 9.26. The van der Waals surface area contributed by atoms with Gasteiger partial charge in [-0.15, -0.1) is 0 Å². The normalized spacial score (nSPS) is 15.6. The third-order valence-corrected chi connectivity index (χ3v) is 4.70. The molecule has 1 saturated heterocycles. The SMILES string of the molecule is CC(=O)C(=NNc1ccccc1-c1ccccc1)N1CCN(CCO)CC1. The molecule has 142 valence electrons. The van der Waals surface area contributed by atoms with Crippen LogP contribution >= 0.6 is 0 Å². The molecule has 2 aromatic rings. The van der Waals surface area contributed by atoms with Crippen molar-refractivity contribution >= 4 is 17.3 Å². The van der Waals surface area contributed by atoms with E-state index in [1.54, 1.807) is 6.92 Å². The van der Waals surface area contributed by atoms with Gasteiger partial charge in [-0.3, -0.25) is 15.1 Å². The Labute approximate surface area is 160 Å². The van der Waals surface area contributed by atoms with Gasteiger partial charge in [0.25, 0.3) is 0 Å². The number of para-hydroxylation sites is 1. The quantitative estimate of drug-likeness (QED) is 0.466. The molecule has 27 heavy (non-hydrogen) atoms. The minimum absolute atomic E-state index is 0.0599. The average Bonchev–Trinajstić information content (AvgIpc) is 2.70. The Bertz CT molecular complexity index is 784. The van der Waals surface area contributed by atoms with Crippen molar-refractivity contribution in [3.8, 4) is 11.1 Å². The van der Waals surface area contributed by atoms with Crippen molar-refractivity contribution in [2.75, 3.05) is 44.8 Å². The van der Waals surface area contributed by atoms with E-state index in [1.165, 1.54) is 0 Å². The second-order valence-corrected chi connectivity index (χ2v) is 6.57. The summed E-state index contributed by atoms with van der Waals surface area (Å²) in [6, 6.07) is 18.0. The first-order chi connectivity index (χ1) is 13.2. The van der Waals surface area contributed by atoms with Gasteiger partial charge in [0, 0.05) is 45.2 Å². The van der Waals surface area contributed by atoms with Gasteiger partial charge in [-0.2, -0.15) is 5.10 Å². The highest BCUT2D eigenvalue weighted by Gasteiger charge is 2.22. The molecule has 1 aliphatic rings. The summed E-state index contributed by atoms with van der Waals surface area (Å²) in [6.07, 6.45) is 0. The standard InChI is InChI=1S/C21H26N4O2/c1-17(27)21(25-13-11-24(12-14-25)15-16-26)23-22-20-10-6-5-9-19(20)18-7-3-2-4-8-18/h2-10,22,26H,11-16H2,1H3. The predicted octanol–water partition coefficient (Wildman–Crippen LogP) is 2.28. The van der Waals surface area contributed by atoms with Gasteiger partial charge < -0.3 is 10.0 Å². The lowest BCUT2D eigenvalue weighted by Gasteiger charge is -2.35. The van der Waals surface area contributed by atoms with Gasteiger partial charge >= 0.3 is 0 Å². The van der Waals surface area contributed by atoms with Gasteiger partial charge in [0.1, 0.15) is 0 Å². The number of rotatable bonds is 6. The van der Waals surface area contributed by atoms with Gasteiger partial charge in [-0.05, 0) is 11.6 Å². The summed E-state index contributed by atoms with van der Waals surface area (Å²) in [5.41, 5.74) is 6.10. The van der Waals surface area contributed by atoms with Crippen molar-refractivity contribution in [1.82, 2.24) is 9.80 Å². The Balaban J connectivity index is 1.76. The van der Waals surface area contributed by atoms with Gasteiger partial charge in [0.2, 0.25) is 0 Å². The van der Waals surface area contributed by atoms with E-state index in [0.29, 0.717) is 12.4 Å². The molecule has 1 aliphatic heterocycles. The molecule has 1 fully saturated rings. The van der Waals surface area contributed by atoms with Crippen LogP contribution in [0, 0.1) is 0 Å². The maximum absolute atomic E-state index is 12.2. The van der Waals surface area contributed by atoms with Crippen LogP contribution in [0.25, 0.3) is 11.1 Å². The van der Waals surface area contributed by atoms with Crippen molar-refractivity contribution in [3.05, 3.63) is 54.6 Å². The number of carbonyl (C=O) groups excluding carboxylic acids is 1. The topological polar surface area (TPSA) is 68.2 Å². The maximum atomic E-state index is 12.2. The number of aliphatic hydroxyl groups excluding tert-OH is 1. The molecule has 6 heteroatoms. The summed E-state index contributed by atoms with van der Waals surface area (Å²) in [5.74, 6) is 0.386. The molecule has 0 spiro atoms. The van der Waals surface area contributed by atoms with Crippen LogP contribution in [0.3, 0.4) is 0 Å². The van der Waals surface area contributed by atoms with E-state index in [4.69, 9.17) is 5.11 Å². The van der Waals surface area contributed by atoms with Crippen LogP contribution in [-0.2, 0) is 4.79 Å². The zero-order valence-corrected chi connectivity index (χ0v) is 15.6. The first-order valence-corrected chi connectivity index (χ1v) is 9.26. The van der Waals surface area contributed by atoms with Crippen LogP contribution in [0.5, 0.6) is 0 Å². The molecule has 1 heterocycles. The number of hydrogen-bond donors (Lipinski definition) is 2. The molecule has 0 amide bonds. The number of piperazine rings is 1. The van der Waals surface area contributed by atoms with Gasteiger partial charge in [0.05, 0.1) is 12.3 Å². The van der Waals surface area contributed by atoms with E-state index >= 15 is 0 Å². The zero-order chi connectivity index (χ0) is 19.1. The lowest BCUT2D eigenvalue weighted by Crippen LogP contribution is -2.51. The van der Waals surface area contributed by atoms with Crippen molar-refractivity contribution in [2.24, 2.45) is 5.10 Å². The number of Topliss-reactive ketones (excluding diaryl/α,β-unsaturated/α-hetero) is 1. The summed E-state index contributed by atoms with van der Waals surface area (Å²) in [5, 5.41) is 13.5. The summed E-state index contributed by atoms with van der Waals surface area (Å²) >= 11 is 0. The monoisotopic (exact) mass is 366 g/mol. The summed E-state index contributed by atoms with van der Waals surface area (Å²) in [6.45, 7) is 5.44. The Morgan fingerprint density at radius 1 is 1.04 bits per heavy atom. The van der Waals surface area contributed by atoms with E-state index in [-0.39, 0.29) is 12.4 Å². The molecule has 0 aliphatic carbocycles. The highest BCUT2D eigenvalue weighted by Crippen LogP contribution is 2.27. The van der Waals surface area contributed by atoms with Crippen LogP contribution in [0.2, 0.25) is 0 Å². The summed E-state index contributed by atoms with van der Waals surface area (Å²) in [7, 11) is 0. The number of carbonyl (C=O) groups is 1. The fraction of sp³-hybridized carbons (Fsp3) is 0.333. The van der Waals surface area contributed by atoms with Crippen molar-refractivity contribution in [2.45, 2.75) is 6.92 Å². The highest BCUT2D eigenvalue weighted by molar-refractivity contribution is 6.37. The number of aliphatic hydroxyl groups is 1. The van der Waals surface area contributed by atoms with Crippen LogP contribution in [0.1, 0.15) is 6.92 Å². The van der Waals surface area contributed by atoms with Crippen molar-refractivity contribution in [3.63, 3.8) is 0 Å². The Morgan fingerprint density at radius 2 is 1.70 bits per heavy atom. The Kier molecular flexibility index (Phi) is 6.57. The largest absolute Gasteiger partial charge is 0.395 e. The zero-order valence-electron chi connectivity index (χ0n) is 15.6. The molecule has 3 rings (SSSR count). The number of β-amino-alcohol motifs (C(OH)–C–C–N with tert-alkyl or cyclic N) is 1. The van der Waals surface area contributed by atoms with Crippen LogP contribution in [0.4, 0.5) is 5.69 Å². The molecule has 0 saturated carbocycles. The van der Waals surface area contributed by atoms with E-state index < -0.39 is 0 Å². The second-order valence-electron chi connectivity index (χ2n) is 6.57. The van der Waals surface area contributed by atoms with Crippen LogP contribution in [-0.4, -0.2) is 65.9 Å². The summed E-state index contributed by atoms with van der Waals surface area (Å²) in [4.78, 5) is 16.4. The minimum Gasteiger partial charge on any atom is -0.395 e. The second kappa shape index (κ2) is 9.30. The third-order valence-electron chi connectivity index (χ3n) is 4.70. The van der Waals surface area contributed by atoms with E-state index in [1.807, 2.05) is 47.4 Å². The van der Waals surface area contributed by atoms with Gasteiger partial charge in [-0.25, -0.2) is 0 Å². The molecule has 0 atom stereocenters. The van der Waals surface area contributed by atoms with E-state index in [9.17, 15) is 4.79 Å². The number of hydrazone groups is 1. The number of nitrogens with zero attached hydrogens (tertiary/aromatic N) is 3. The maximum Gasteiger partial charge on any atom is 0.196 e.